The number of hydrogen-bond donors (Lipinski definition) is 0. The summed E-state index contributed by atoms with van der Waals surface area (Å²) < 4.78 is 25.0. The lowest BCUT2D eigenvalue weighted by molar-refractivity contribution is 0.384. The highest BCUT2D eigenvalue weighted by atomic mass is 35.5. The first-order chi connectivity index (χ1) is 9.47. The maximum absolute atomic E-state index is 11.8. The van der Waals surface area contributed by atoms with Crippen LogP contribution < -0.4 is 4.90 Å². The minimum atomic E-state index is -3.17. The minimum absolute atomic E-state index is 0.0719. The molecule has 20 heavy (non-hydrogen) atoms. The molecule has 0 atom stereocenters. The largest absolute Gasteiger partial charge is 0.353 e. The van der Waals surface area contributed by atoms with Gasteiger partial charge in [0.2, 0.25) is 15.3 Å². The molecule has 0 saturated carbocycles. The first-order valence-corrected chi connectivity index (χ1v) is 8.12. The molecule has 7 nitrogen and oxygen atoms in total. The first kappa shape index (κ1) is 15.0. The monoisotopic (exact) mass is 315 g/mol. The maximum atomic E-state index is 11.8. The molecule has 1 fully saturated rings. The van der Waals surface area contributed by atoms with Gasteiger partial charge in [0.25, 0.3) is 0 Å². The van der Waals surface area contributed by atoms with Crippen LogP contribution in [0.15, 0.2) is 6.20 Å². The molecular formula is C11H14ClN5O2S. The van der Waals surface area contributed by atoms with Gasteiger partial charge < -0.3 is 4.90 Å². The topological polar surface area (TPSA) is 90.2 Å². The molecule has 2 heterocycles. The number of nitrogens with zero attached hydrogens (tertiary/aromatic N) is 5. The van der Waals surface area contributed by atoms with Gasteiger partial charge in [0.1, 0.15) is 11.6 Å². The Bertz CT molecular complexity index is 635. The SMILES string of the molecule is CCS(=O)(=O)N1CCN(c2nc(Cl)ncc2C#N)CC1. The molecule has 0 aliphatic carbocycles. The average molecular weight is 316 g/mol. The van der Waals surface area contributed by atoms with E-state index in [4.69, 9.17) is 16.9 Å². The minimum Gasteiger partial charge on any atom is -0.353 e. The maximum Gasteiger partial charge on any atom is 0.224 e. The van der Waals surface area contributed by atoms with Gasteiger partial charge in [-0.1, -0.05) is 0 Å². The van der Waals surface area contributed by atoms with Gasteiger partial charge in [-0.2, -0.15) is 14.6 Å². The molecule has 1 aromatic heterocycles. The Balaban J connectivity index is 2.16. The van der Waals surface area contributed by atoms with Crippen LogP contribution in [0.4, 0.5) is 5.82 Å². The van der Waals surface area contributed by atoms with E-state index in [2.05, 4.69) is 9.97 Å². The Morgan fingerprint density at radius 2 is 2.05 bits per heavy atom. The summed E-state index contributed by atoms with van der Waals surface area (Å²) in [4.78, 5) is 9.69. The lowest BCUT2D eigenvalue weighted by Crippen LogP contribution is -2.49. The van der Waals surface area contributed by atoms with Crippen LogP contribution in [-0.2, 0) is 10.0 Å². The van der Waals surface area contributed by atoms with E-state index >= 15 is 0 Å². The van der Waals surface area contributed by atoms with Crippen molar-refractivity contribution in [1.29, 1.82) is 5.26 Å². The van der Waals surface area contributed by atoms with Gasteiger partial charge >= 0.3 is 0 Å². The fraction of sp³-hybridized carbons (Fsp3) is 0.545. The Morgan fingerprint density at radius 1 is 1.40 bits per heavy atom. The van der Waals surface area contributed by atoms with Crippen LogP contribution in [0.5, 0.6) is 0 Å². The van der Waals surface area contributed by atoms with E-state index in [1.165, 1.54) is 10.5 Å². The molecule has 0 unspecified atom stereocenters. The van der Waals surface area contributed by atoms with Crippen LogP contribution in [0.25, 0.3) is 0 Å². The number of rotatable bonds is 3. The summed E-state index contributed by atoms with van der Waals surface area (Å²) in [6.45, 7) is 3.33. The highest BCUT2D eigenvalue weighted by Gasteiger charge is 2.27. The predicted octanol–water partition coefficient (Wildman–Crippen LogP) is 0.473. The molecule has 108 valence electrons. The summed E-state index contributed by atoms with van der Waals surface area (Å²) in [6, 6.07) is 2.02. The molecule has 0 radical (unpaired) electrons. The molecule has 1 aromatic rings. The number of piperazine rings is 1. The van der Waals surface area contributed by atoms with Gasteiger partial charge in [0.05, 0.1) is 11.9 Å². The van der Waals surface area contributed by atoms with Crippen molar-refractivity contribution in [2.24, 2.45) is 0 Å². The van der Waals surface area contributed by atoms with Gasteiger partial charge in [-0.05, 0) is 18.5 Å². The normalized spacial score (nSPS) is 16.9. The Labute approximate surface area is 122 Å². The van der Waals surface area contributed by atoms with E-state index in [0.29, 0.717) is 37.6 Å². The van der Waals surface area contributed by atoms with Crippen molar-refractivity contribution in [2.45, 2.75) is 6.92 Å². The Morgan fingerprint density at radius 3 is 2.60 bits per heavy atom. The third kappa shape index (κ3) is 3.00. The second kappa shape index (κ2) is 5.91. The molecule has 0 bridgehead atoms. The molecule has 1 aliphatic rings. The molecular weight excluding hydrogens is 302 g/mol. The number of halogens is 1. The third-order valence-electron chi connectivity index (χ3n) is 3.16. The van der Waals surface area contributed by atoms with E-state index in [9.17, 15) is 8.42 Å². The lowest BCUT2D eigenvalue weighted by atomic mass is 10.3. The molecule has 2 rings (SSSR count). The summed E-state index contributed by atoms with van der Waals surface area (Å²) >= 11 is 5.75. The van der Waals surface area contributed by atoms with Gasteiger partial charge in [0, 0.05) is 26.2 Å². The average Bonchev–Trinajstić information content (AvgIpc) is 2.47. The van der Waals surface area contributed by atoms with Crippen molar-refractivity contribution >= 4 is 27.4 Å². The zero-order chi connectivity index (χ0) is 14.8. The van der Waals surface area contributed by atoms with Crippen molar-refractivity contribution in [2.75, 3.05) is 36.8 Å². The van der Waals surface area contributed by atoms with Gasteiger partial charge in [-0.15, -0.1) is 0 Å². The van der Waals surface area contributed by atoms with Crippen LogP contribution in [0, 0.1) is 11.3 Å². The summed E-state index contributed by atoms with van der Waals surface area (Å²) in [5.74, 6) is 0.552. The van der Waals surface area contributed by atoms with E-state index in [1.54, 1.807) is 6.92 Å². The summed E-state index contributed by atoms with van der Waals surface area (Å²) in [5.41, 5.74) is 0.334. The zero-order valence-electron chi connectivity index (χ0n) is 11.0. The number of nitriles is 1. The Hall–Kier alpha value is -1.43. The van der Waals surface area contributed by atoms with E-state index < -0.39 is 10.0 Å². The number of sulfonamides is 1. The molecule has 1 aliphatic heterocycles. The van der Waals surface area contributed by atoms with Crippen LogP contribution in [0.1, 0.15) is 12.5 Å². The van der Waals surface area contributed by atoms with Gasteiger partial charge in [-0.25, -0.2) is 13.4 Å². The smallest absolute Gasteiger partial charge is 0.224 e. The molecule has 0 amide bonds. The summed E-state index contributed by atoms with van der Waals surface area (Å²) in [6.07, 6.45) is 1.37. The number of aromatic nitrogens is 2. The molecule has 0 aromatic carbocycles. The van der Waals surface area contributed by atoms with Crippen molar-refractivity contribution in [3.8, 4) is 6.07 Å². The molecule has 1 saturated heterocycles. The molecule has 0 spiro atoms. The van der Waals surface area contributed by atoms with Crippen LogP contribution in [0.3, 0.4) is 0 Å². The molecule has 0 N–H and O–H groups in total. The fourth-order valence-corrected chi connectivity index (χ4v) is 3.25. The van der Waals surface area contributed by atoms with Crippen LogP contribution >= 0.6 is 11.6 Å². The van der Waals surface area contributed by atoms with Crippen molar-refractivity contribution in [1.82, 2.24) is 14.3 Å². The van der Waals surface area contributed by atoms with E-state index in [1.807, 2.05) is 11.0 Å². The van der Waals surface area contributed by atoms with Gasteiger partial charge in [0.15, 0.2) is 5.82 Å². The number of hydrogen-bond acceptors (Lipinski definition) is 6. The second-order valence-electron chi connectivity index (χ2n) is 4.27. The zero-order valence-corrected chi connectivity index (χ0v) is 12.5. The summed E-state index contributed by atoms with van der Waals surface area (Å²) in [5, 5.41) is 9.13. The summed E-state index contributed by atoms with van der Waals surface area (Å²) in [7, 11) is -3.17. The van der Waals surface area contributed by atoms with Crippen LogP contribution in [0.2, 0.25) is 5.28 Å². The highest BCUT2D eigenvalue weighted by Crippen LogP contribution is 2.20. The first-order valence-electron chi connectivity index (χ1n) is 6.13. The van der Waals surface area contributed by atoms with E-state index in [-0.39, 0.29) is 11.0 Å². The highest BCUT2D eigenvalue weighted by molar-refractivity contribution is 7.89. The van der Waals surface area contributed by atoms with Crippen molar-refractivity contribution < 1.29 is 8.42 Å². The fourth-order valence-electron chi connectivity index (χ4n) is 2.03. The molecule has 9 heteroatoms. The van der Waals surface area contributed by atoms with Gasteiger partial charge in [-0.3, -0.25) is 0 Å². The third-order valence-corrected chi connectivity index (χ3v) is 5.22. The van der Waals surface area contributed by atoms with Crippen molar-refractivity contribution in [3.63, 3.8) is 0 Å². The Kier molecular flexibility index (Phi) is 4.42. The quantitative estimate of drug-likeness (QED) is 0.753. The standard InChI is InChI=1S/C11H14ClN5O2S/c1-2-20(18,19)17-5-3-16(4-6-17)10-9(7-13)8-14-11(12)15-10/h8H,2-6H2,1H3. The van der Waals surface area contributed by atoms with Crippen LogP contribution in [-0.4, -0.2) is 54.6 Å². The second-order valence-corrected chi connectivity index (χ2v) is 6.87. The lowest BCUT2D eigenvalue weighted by Gasteiger charge is -2.34. The van der Waals surface area contributed by atoms with Crippen molar-refractivity contribution in [3.05, 3.63) is 17.0 Å². The number of anilines is 1. The van der Waals surface area contributed by atoms with E-state index in [0.717, 1.165) is 0 Å². The predicted molar refractivity (Wildman–Crippen MR) is 75.0 cm³/mol.